The molecule has 1 atom stereocenters. The molecule has 1 spiro atoms. The lowest BCUT2D eigenvalue weighted by Crippen LogP contribution is -2.40. The van der Waals surface area contributed by atoms with E-state index >= 15 is 0 Å². The molecule has 4 rings (SSSR count). The van der Waals surface area contributed by atoms with Gasteiger partial charge in [0.1, 0.15) is 0 Å². The van der Waals surface area contributed by atoms with Crippen molar-refractivity contribution in [3.63, 3.8) is 0 Å². The van der Waals surface area contributed by atoms with Gasteiger partial charge in [0.25, 0.3) is 0 Å². The highest BCUT2D eigenvalue weighted by molar-refractivity contribution is 7.11. The lowest BCUT2D eigenvalue weighted by atomic mass is 9.87. The van der Waals surface area contributed by atoms with Gasteiger partial charge in [0.15, 0.2) is 0 Å². The molecule has 3 heterocycles. The number of thiazole rings is 1. The number of ether oxygens (including phenoxy) is 1. The summed E-state index contributed by atoms with van der Waals surface area (Å²) >= 11 is 1.78. The van der Waals surface area contributed by atoms with Gasteiger partial charge in [-0.1, -0.05) is 30.3 Å². The van der Waals surface area contributed by atoms with Crippen LogP contribution in [0.2, 0.25) is 0 Å². The van der Waals surface area contributed by atoms with E-state index in [-0.39, 0.29) is 11.3 Å². The number of carbonyl (C=O) groups is 1. The fourth-order valence-corrected chi connectivity index (χ4v) is 5.25. The number of likely N-dealkylation sites (tertiary alicyclic amines) is 1. The van der Waals surface area contributed by atoms with Gasteiger partial charge >= 0.3 is 0 Å². The highest BCUT2D eigenvalue weighted by Crippen LogP contribution is 2.36. The van der Waals surface area contributed by atoms with E-state index in [0.717, 1.165) is 43.5 Å². The molecule has 5 nitrogen and oxygen atoms in total. The molecule has 2 fully saturated rings. The highest BCUT2D eigenvalue weighted by Gasteiger charge is 2.45. The van der Waals surface area contributed by atoms with Gasteiger partial charge in [-0.15, -0.1) is 11.3 Å². The van der Waals surface area contributed by atoms with Crippen molar-refractivity contribution in [2.45, 2.75) is 33.4 Å². The molecule has 2 aliphatic heterocycles. The molecular formula is C21H27N3O2S. The first-order valence-electron chi connectivity index (χ1n) is 9.58. The van der Waals surface area contributed by atoms with Gasteiger partial charge in [0.05, 0.1) is 23.9 Å². The predicted octanol–water partition coefficient (Wildman–Crippen LogP) is 3.01. The Kier molecular flexibility index (Phi) is 5.30. The Morgan fingerprint density at radius 2 is 2.00 bits per heavy atom. The smallest absolute Gasteiger partial charge is 0.223 e. The molecule has 1 amide bonds. The van der Waals surface area contributed by atoms with Crippen LogP contribution >= 0.6 is 11.3 Å². The maximum atomic E-state index is 12.7. The summed E-state index contributed by atoms with van der Waals surface area (Å²) in [4.78, 5) is 23.1. The Morgan fingerprint density at radius 1 is 1.19 bits per heavy atom. The summed E-state index contributed by atoms with van der Waals surface area (Å²) in [6.45, 7) is 9.72. The Morgan fingerprint density at radius 3 is 2.74 bits per heavy atom. The second kappa shape index (κ2) is 7.70. The Bertz CT molecular complexity index is 807. The molecule has 0 N–H and O–H groups in total. The van der Waals surface area contributed by atoms with Crippen LogP contribution in [0.3, 0.4) is 0 Å². The molecular weight excluding hydrogens is 358 g/mol. The van der Waals surface area contributed by atoms with Crippen LogP contribution in [0, 0.1) is 19.3 Å². The van der Waals surface area contributed by atoms with E-state index < -0.39 is 0 Å². The van der Waals surface area contributed by atoms with Gasteiger partial charge in [0.2, 0.25) is 5.91 Å². The first kappa shape index (κ1) is 18.6. The van der Waals surface area contributed by atoms with Crippen LogP contribution in [0.5, 0.6) is 0 Å². The Labute approximate surface area is 165 Å². The molecule has 6 heteroatoms. The number of rotatable bonds is 4. The molecule has 0 saturated carbocycles. The zero-order valence-corrected chi connectivity index (χ0v) is 16.9. The van der Waals surface area contributed by atoms with Gasteiger partial charge < -0.3 is 9.64 Å². The van der Waals surface area contributed by atoms with Crippen molar-refractivity contribution in [2.75, 3.05) is 32.8 Å². The lowest BCUT2D eigenvalue weighted by molar-refractivity contribution is -0.128. The number of hydrogen-bond acceptors (Lipinski definition) is 5. The zero-order chi connectivity index (χ0) is 18.9. The average Bonchev–Trinajstić information content (AvgIpc) is 3.02. The number of aromatic nitrogens is 1. The first-order chi connectivity index (χ1) is 13.0. The maximum absolute atomic E-state index is 12.7. The fourth-order valence-electron chi connectivity index (χ4n) is 4.27. The average molecular weight is 386 g/mol. The molecule has 27 heavy (non-hydrogen) atoms. The molecule has 0 aliphatic carbocycles. The number of nitrogens with zero attached hydrogens (tertiary/aromatic N) is 3. The number of carbonyl (C=O) groups excluding carboxylic acids is 1. The van der Waals surface area contributed by atoms with Crippen molar-refractivity contribution in [3.8, 4) is 0 Å². The second-order valence-electron chi connectivity index (χ2n) is 7.92. The number of benzene rings is 1. The van der Waals surface area contributed by atoms with Crippen molar-refractivity contribution in [1.82, 2.24) is 14.8 Å². The van der Waals surface area contributed by atoms with Crippen molar-refractivity contribution in [3.05, 3.63) is 51.5 Å². The first-order valence-corrected chi connectivity index (χ1v) is 10.4. The van der Waals surface area contributed by atoms with Crippen LogP contribution < -0.4 is 0 Å². The van der Waals surface area contributed by atoms with Crippen molar-refractivity contribution in [2.24, 2.45) is 5.41 Å². The van der Waals surface area contributed by atoms with Gasteiger partial charge in [-0.25, -0.2) is 4.98 Å². The number of hydrogen-bond donors (Lipinski definition) is 0. The molecule has 1 aromatic carbocycles. The van der Waals surface area contributed by atoms with Crippen LogP contribution in [-0.4, -0.2) is 53.5 Å². The fraction of sp³-hybridized carbons (Fsp3) is 0.524. The summed E-state index contributed by atoms with van der Waals surface area (Å²) in [6, 6.07) is 10.2. The van der Waals surface area contributed by atoms with Crippen molar-refractivity contribution >= 4 is 17.2 Å². The summed E-state index contributed by atoms with van der Waals surface area (Å²) in [6.07, 6.45) is 0.580. The van der Waals surface area contributed by atoms with E-state index in [2.05, 4.69) is 35.9 Å². The third kappa shape index (κ3) is 4.23. The molecule has 0 radical (unpaired) electrons. The third-order valence-corrected chi connectivity index (χ3v) is 6.56. The van der Waals surface area contributed by atoms with Gasteiger partial charge in [0, 0.05) is 49.4 Å². The standard InChI is InChI=1S/C21H27N3O2S/c1-16-19(27-17(2)22-16)12-23-8-9-26-15-21(13-23)10-20(25)24(14-21)11-18-6-4-3-5-7-18/h3-7H,8-15H2,1-2H3/t21-/m0/s1. The summed E-state index contributed by atoms with van der Waals surface area (Å²) in [5, 5.41) is 1.12. The summed E-state index contributed by atoms with van der Waals surface area (Å²) in [5.74, 6) is 0.245. The van der Waals surface area contributed by atoms with E-state index in [0.29, 0.717) is 19.6 Å². The van der Waals surface area contributed by atoms with E-state index in [1.807, 2.05) is 23.1 Å². The minimum Gasteiger partial charge on any atom is -0.379 e. The Balaban J connectivity index is 1.46. The second-order valence-corrected chi connectivity index (χ2v) is 9.20. The largest absolute Gasteiger partial charge is 0.379 e. The van der Waals surface area contributed by atoms with Gasteiger partial charge in [-0.2, -0.15) is 0 Å². The molecule has 2 aromatic rings. The van der Waals surface area contributed by atoms with E-state index in [4.69, 9.17) is 4.74 Å². The SMILES string of the molecule is Cc1nc(C)c(CN2CCOC[C@@]3(CC(=O)N(Cc4ccccc4)C3)C2)s1. The highest BCUT2D eigenvalue weighted by atomic mass is 32.1. The zero-order valence-electron chi connectivity index (χ0n) is 16.1. The van der Waals surface area contributed by atoms with E-state index in [9.17, 15) is 4.79 Å². The van der Waals surface area contributed by atoms with Crippen LogP contribution in [0.4, 0.5) is 0 Å². The monoisotopic (exact) mass is 385 g/mol. The minimum atomic E-state index is -0.101. The summed E-state index contributed by atoms with van der Waals surface area (Å²) in [7, 11) is 0. The number of aryl methyl sites for hydroxylation is 2. The van der Waals surface area contributed by atoms with Crippen molar-refractivity contribution < 1.29 is 9.53 Å². The molecule has 0 unspecified atom stereocenters. The van der Waals surface area contributed by atoms with Crippen LogP contribution in [0.25, 0.3) is 0 Å². The van der Waals surface area contributed by atoms with Crippen LogP contribution in [-0.2, 0) is 22.6 Å². The van der Waals surface area contributed by atoms with Gasteiger partial charge in [-0.05, 0) is 19.4 Å². The minimum absolute atomic E-state index is 0.101. The number of amides is 1. The molecule has 0 bridgehead atoms. The van der Waals surface area contributed by atoms with Crippen LogP contribution in [0.15, 0.2) is 30.3 Å². The lowest BCUT2D eigenvalue weighted by Gasteiger charge is -2.31. The van der Waals surface area contributed by atoms with Gasteiger partial charge in [-0.3, -0.25) is 9.69 Å². The summed E-state index contributed by atoms with van der Waals surface area (Å²) in [5.41, 5.74) is 2.21. The third-order valence-electron chi connectivity index (χ3n) is 5.51. The van der Waals surface area contributed by atoms with Crippen molar-refractivity contribution in [1.29, 1.82) is 0 Å². The van der Waals surface area contributed by atoms with E-state index in [1.54, 1.807) is 11.3 Å². The molecule has 144 valence electrons. The molecule has 2 aliphatic rings. The summed E-state index contributed by atoms with van der Waals surface area (Å²) < 4.78 is 5.95. The maximum Gasteiger partial charge on any atom is 0.223 e. The molecule has 1 aromatic heterocycles. The topological polar surface area (TPSA) is 45.7 Å². The van der Waals surface area contributed by atoms with Crippen LogP contribution in [0.1, 0.15) is 27.6 Å². The quantitative estimate of drug-likeness (QED) is 0.812. The van der Waals surface area contributed by atoms with E-state index in [1.165, 1.54) is 10.4 Å². The normalized spacial score (nSPS) is 23.9. The predicted molar refractivity (Wildman–Crippen MR) is 107 cm³/mol. The molecule has 2 saturated heterocycles. The Hall–Kier alpha value is -1.76.